The van der Waals surface area contributed by atoms with Crippen LogP contribution in [0.25, 0.3) is 0 Å². The summed E-state index contributed by atoms with van der Waals surface area (Å²) in [5.41, 5.74) is 1.63. The first-order valence-electron chi connectivity index (χ1n) is 6.62. The molecule has 1 atom stereocenters. The van der Waals surface area contributed by atoms with Crippen molar-refractivity contribution in [2.45, 2.75) is 12.5 Å². The first-order valence-corrected chi connectivity index (χ1v) is 7.00. The molecule has 2 rings (SSSR count). The topological polar surface area (TPSA) is 53.6 Å². The van der Waals surface area contributed by atoms with E-state index in [1.807, 2.05) is 14.1 Å². The molecule has 0 radical (unpaired) electrons. The highest BCUT2D eigenvalue weighted by molar-refractivity contribution is 6.32. The van der Waals surface area contributed by atoms with E-state index in [1.54, 1.807) is 19.2 Å². The number of ether oxygens (including phenoxy) is 1. The van der Waals surface area contributed by atoms with E-state index in [9.17, 15) is 4.79 Å². The van der Waals surface area contributed by atoms with Gasteiger partial charge in [-0.3, -0.25) is 4.79 Å². The number of amides is 1. The third kappa shape index (κ3) is 3.23. The highest BCUT2D eigenvalue weighted by Gasteiger charge is 2.30. The number of anilines is 1. The normalized spacial score (nSPS) is 17.2. The average Bonchev–Trinajstić information content (AvgIpc) is 2.69. The van der Waals surface area contributed by atoms with Gasteiger partial charge in [-0.15, -0.1) is 0 Å². The van der Waals surface area contributed by atoms with Gasteiger partial charge in [0.25, 0.3) is 0 Å². The fourth-order valence-corrected chi connectivity index (χ4v) is 2.45. The number of carbonyl (C=O) groups is 1. The molecule has 110 valence electrons. The SMILES string of the molecule is CNC1C(=O)Nc2cc(OCCCN(C)C)c(Cl)cc21. The van der Waals surface area contributed by atoms with Gasteiger partial charge in [0.2, 0.25) is 5.91 Å². The van der Waals surface area contributed by atoms with Crippen molar-refractivity contribution in [1.82, 2.24) is 10.2 Å². The Balaban J connectivity index is 2.06. The molecule has 0 aliphatic carbocycles. The molecule has 20 heavy (non-hydrogen) atoms. The lowest BCUT2D eigenvalue weighted by Gasteiger charge is -2.13. The predicted molar refractivity (Wildman–Crippen MR) is 80.5 cm³/mol. The van der Waals surface area contributed by atoms with Crippen LogP contribution in [0.5, 0.6) is 5.75 Å². The maximum absolute atomic E-state index is 11.8. The van der Waals surface area contributed by atoms with Crippen molar-refractivity contribution >= 4 is 23.2 Å². The Bertz CT molecular complexity index is 505. The summed E-state index contributed by atoms with van der Waals surface area (Å²) in [7, 11) is 5.80. The van der Waals surface area contributed by atoms with Crippen LogP contribution in [0, 0.1) is 0 Å². The lowest BCUT2D eigenvalue weighted by Crippen LogP contribution is -2.23. The summed E-state index contributed by atoms with van der Waals surface area (Å²) in [5.74, 6) is 0.546. The number of halogens is 1. The zero-order valence-electron chi connectivity index (χ0n) is 12.0. The van der Waals surface area contributed by atoms with Crippen LogP contribution in [0.15, 0.2) is 12.1 Å². The third-order valence-corrected chi connectivity index (χ3v) is 3.53. The number of fused-ring (bicyclic) bond motifs is 1. The Hall–Kier alpha value is -1.30. The fraction of sp³-hybridized carbons (Fsp3) is 0.500. The number of nitrogens with one attached hydrogen (secondary N) is 2. The minimum absolute atomic E-state index is 0.0664. The van der Waals surface area contributed by atoms with Crippen molar-refractivity contribution < 1.29 is 9.53 Å². The van der Waals surface area contributed by atoms with E-state index in [4.69, 9.17) is 16.3 Å². The first kappa shape index (κ1) is 15.1. The smallest absolute Gasteiger partial charge is 0.246 e. The monoisotopic (exact) mass is 297 g/mol. The number of hydrogen-bond acceptors (Lipinski definition) is 4. The van der Waals surface area contributed by atoms with Gasteiger partial charge in [0.15, 0.2) is 0 Å². The van der Waals surface area contributed by atoms with E-state index in [-0.39, 0.29) is 11.9 Å². The zero-order chi connectivity index (χ0) is 14.7. The van der Waals surface area contributed by atoms with Crippen LogP contribution in [0.3, 0.4) is 0 Å². The second-order valence-electron chi connectivity index (χ2n) is 5.09. The van der Waals surface area contributed by atoms with Crippen LogP contribution in [0.4, 0.5) is 5.69 Å². The molecule has 0 spiro atoms. The van der Waals surface area contributed by atoms with Gasteiger partial charge in [-0.05, 0) is 33.6 Å². The summed E-state index contributed by atoms with van der Waals surface area (Å²) in [4.78, 5) is 13.9. The summed E-state index contributed by atoms with van der Waals surface area (Å²) < 4.78 is 5.69. The Morgan fingerprint density at radius 3 is 2.85 bits per heavy atom. The molecular formula is C14H20ClN3O2. The molecule has 1 aliphatic heterocycles. The lowest BCUT2D eigenvalue weighted by molar-refractivity contribution is -0.117. The number of benzene rings is 1. The molecule has 0 saturated heterocycles. The molecular weight excluding hydrogens is 278 g/mol. The Morgan fingerprint density at radius 2 is 2.20 bits per heavy atom. The second-order valence-corrected chi connectivity index (χ2v) is 5.49. The van der Waals surface area contributed by atoms with E-state index in [2.05, 4.69) is 15.5 Å². The van der Waals surface area contributed by atoms with Gasteiger partial charge in [-0.25, -0.2) is 0 Å². The standard InChI is InChI=1S/C14H20ClN3O2/c1-16-13-9-7-10(15)12(8-11(9)17-14(13)19)20-6-4-5-18(2)3/h7-8,13,16H,4-6H2,1-3H3,(H,17,19). The molecule has 0 fully saturated rings. The van der Waals surface area contributed by atoms with E-state index in [0.717, 1.165) is 24.2 Å². The third-order valence-electron chi connectivity index (χ3n) is 3.23. The zero-order valence-corrected chi connectivity index (χ0v) is 12.8. The van der Waals surface area contributed by atoms with Crippen LogP contribution in [-0.4, -0.2) is 45.1 Å². The number of hydrogen-bond donors (Lipinski definition) is 2. The number of carbonyl (C=O) groups excluding carboxylic acids is 1. The lowest BCUT2D eigenvalue weighted by atomic mass is 10.1. The molecule has 1 heterocycles. The van der Waals surface area contributed by atoms with Crippen molar-refractivity contribution in [3.05, 3.63) is 22.7 Å². The van der Waals surface area contributed by atoms with E-state index >= 15 is 0 Å². The van der Waals surface area contributed by atoms with Gasteiger partial charge in [0.05, 0.1) is 11.6 Å². The van der Waals surface area contributed by atoms with Gasteiger partial charge in [-0.2, -0.15) is 0 Å². The average molecular weight is 298 g/mol. The van der Waals surface area contributed by atoms with Crippen LogP contribution < -0.4 is 15.4 Å². The molecule has 6 heteroatoms. The van der Waals surface area contributed by atoms with E-state index in [0.29, 0.717) is 17.4 Å². The summed E-state index contributed by atoms with van der Waals surface area (Å²) in [6.07, 6.45) is 0.923. The van der Waals surface area contributed by atoms with Crippen molar-refractivity contribution in [2.75, 3.05) is 39.6 Å². The van der Waals surface area contributed by atoms with E-state index in [1.165, 1.54) is 0 Å². The summed E-state index contributed by atoms with van der Waals surface area (Å²) in [5, 5.41) is 6.32. The number of rotatable bonds is 6. The summed E-state index contributed by atoms with van der Waals surface area (Å²) in [6.45, 7) is 1.56. The number of likely N-dealkylation sites (N-methyl/N-ethyl adjacent to an activating group) is 1. The van der Waals surface area contributed by atoms with Gasteiger partial charge in [0.1, 0.15) is 11.8 Å². The van der Waals surface area contributed by atoms with Crippen molar-refractivity contribution in [3.63, 3.8) is 0 Å². The van der Waals surface area contributed by atoms with Crippen LogP contribution >= 0.6 is 11.6 Å². The van der Waals surface area contributed by atoms with Crippen LogP contribution in [-0.2, 0) is 4.79 Å². The van der Waals surface area contributed by atoms with Crippen LogP contribution in [0.1, 0.15) is 18.0 Å². The maximum Gasteiger partial charge on any atom is 0.246 e. The molecule has 2 N–H and O–H groups in total. The fourth-order valence-electron chi connectivity index (χ4n) is 2.22. The summed E-state index contributed by atoms with van der Waals surface area (Å²) >= 11 is 6.22. The highest BCUT2D eigenvalue weighted by atomic mass is 35.5. The molecule has 0 aromatic heterocycles. The first-order chi connectivity index (χ1) is 9.52. The second kappa shape index (κ2) is 6.43. The molecule has 1 aliphatic rings. The summed E-state index contributed by atoms with van der Waals surface area (Å²) in [6, 6.07) is 3.24. The van der Waals surface area contributed by atoms with Crippen LogP contribution in [0.2, 0.25) is 5.02 Å². The van der Waals surface area contributed by atoms with Gasteiger partial charge >= 0.3 is 0 Å². The Kier molecular flexibility index (Phi) is 4.86. The predicted octanol–water partition coefficient (Wildman–Crippen LogP) is 1.88. The minimum Gasteiger partial charge on any atom is -0.492 e. The molecule has 0 saturated carbocycles. The van der Waals surface area contributed by atoms with Crippen molar-refractivity contribution in [2.24, 2.45) is 0 Å². The Labute approximate surface area is 124 Å². The number of nitrogens with zero attached hydrogens (tertiary/aromatic N) is 1. The molecule has 1 unspecified atom stereocenters. The minimum atomic E-state index is -0.342. The van der Waals surface area contributed by atoms with Gasteiger partial charge < -0.3 is 20.3 Å². The largest absolute Gasteiger partial charge is 0.492 e. The quantitative estimate of drug-likeness (QED) is 0.787. The molecule has 1 amide bonds. The van der Waals surface area contributed by atoms with E-state index < -0.39 is 0 Å². The van der Waals surface area contributed by atoms with Crippen molar-refractivity contribution in [3.8, 4) is 5.75 Å². The maximum atomic E-state index is 11.8. The highest BCUT2D eigenvalue weighted by Crippen LogP contribution is 2.38. The molecule has 5 nitrogen and oxygen atoms in total. The Morgan fingerprint density at radius 1 is 1.45 bits per heavy atom. The molecule has 0 bridgehead atoms. The van der Waals surface area contributed by atoms with Gasteiger partial charge in [-0.1, -0.05) is 11.6 Å². The van der Waals surface area contributed by atoms with Gasteiger partial charge in [0, 0.05) is 23.9 Å². The van der Waals surface area contributed by atoms with Crippen molar-refractivity contribution in [1.29, 1.82) is 0 Å². The molecule has 1 aromatic rings. The molecule has 1 aromatic carbocycles.